The first kappa shape index (κ1) is 11.4. The molecule has 88 valence electrons. The second-order valence-corrected chi connectivity index (χ2v) is 5.33. The lowest BCUT2D eigenvalue weighted by Gasteiger charge is -2.37. The number of nitrogens with zero attached hydrogens (tertiary/aromatic N) is 1. The van der Waals surface area contributed by atoms with Gasteiger partial charge in [0.15, 0.2) is 0 Å². The molecule has 2 rings (SSSR count). The molecule has 2 atom stereocenters. The Morgan fingerprint density at radius 2 is 2.00 bits per heavy atom. The lowest BCUT2D eigenvalue weighted by Crippen LogP contribution is -2.44. The molecule has 0 aliphatic carbocycles. The zero-order valence-electron chi connectivity index (χ0n) is 10.3. The van der Waals surface area contributed by atoms with Crippen molar-refractivity contribution in [1.29, 1.82) is 0 Å². The van der Waals surface area contributed by atoms with Crippen molar-refractivity contribution in [2.75, 3.05) is 19.6 Å². The van der Waals surface area contributed by atoms with Gasteiger partial charge in [-0.15, -0.1) is 0 Å². The van der Waals surface area contributed by atoms with Crippen molar-refractivity contribution in [3.63, 3.8) is 0 Å². The average Bonchev–Trinajstić information content (AvgIpc) is 2.82. The van der Waals surface area contributed by atoms with Crippen molar-refractivity contribution < 1.29 is 0 Å². The van der Waals surface area contributed by atoms with E-state index in [9.17, 15) is 0 Å². The van der Waals surface area contributed by atoms with Crippen LogP contribution >= 0.6 is 0 Å². The number of rotatable bonds is 3. The summed E-state index contributed by atoms with van der Waals surface area (Å²) in [6.45, 7) is 8.59. The molecule has 2 unspecified atom stereocenters. The summed E-state index contributed by atoms with van der Waals surface area (Å²) in [4.78, 5) is 2.67. The number of piperidine rings is 1. The van der Waals surface area contributed by atoms with Gasteiger partial charge in [0.1, 0.15) is 0 Å². The van der Waals surface area contributed by atoms with Crippen molar-refractivity contribution in [3.05, 3.63) is 0 Å². The topological polar surface area (TPSA) is 15.3 Å². The van der Waals surface area contributed by atoms with E-state index in [4.69, 9.17) is 0 Å². The van der Waals surface area contributed by atoms with E-state index in [0.29, 0.717) is 0 Å². The van der Waals surface area contributed by atoms with E-state index in [1.807, 2.05) is 0 Å². The van der Waals surface area contributed by atoms with Gasteiger partial charge in [-0.05, 0) is 64.6 Å². The van der Waals surface area contributed by atoms with Crippen LogP contribution in [0.4, 0.5) is 0 Å². The molecule has 2 heterocycles. The fourth-order valence-corrected chi connectivity index (χ4v) is 3.13. The van der Waals surface area contributed by atoms with Crippen LogP contribution in [0, 0.1) is 5.92 Å². The van der Waals surface area contributed by atoms with Gasteiger partial charge in [0.2, 0.25) is 0 Å². The van der Waals surface area contributed by atoms with Crippen molar-refractivity contribution in [3.8, 4) is 0 Å². The first-order valence-corrected chi connectivity index (χ1v) is 6.78. The maximum atomic E-state index is 3.67. The van der Waals surface area contributed by atoms with Gasteiger partial charge < -0.3 is 10.2 Å². The quantitative estimate of drug-likeness (QED) is 0.768. The Balaban J connectivity index is 1.76. The monoisotopic (exact) mass is 210 g/mol. The number of hydrogen-bond donors (Lipinski definition) is 1. The normalized spacial score (nSPS) is 32.0. The molecule has 2 aliphatic heterocycles. The smallest absolute Gasteiger partial charge is 0.00967 e. The molecule has 0 spiro atoms. The predicted molar refractivity (Wildman–Crippen MR) is 65.1 cm³/mol. The molecular weight excluding hydrogens is 184 g/mol. The van der Waals surface area contributed by atoms with Gasteiger partial charge in [-0.25, -0.2) is 0 Å². The molecule has 1 N–H and O–H groups in total. The highest BCUT2D eigenvalue weighted by Gasteiger charge is 2.29. The van der Waals surface area contributed by atoms with Crippen LogP contribution in [0.3, 0.4) is 0 Å². The summed E-state index contributed by atoms with van der Waals surface area (Å²) >= 11 is 0. The third kappa shape index (κ3) is 2.73. The molecule has 2 saturated heterocycles. The first-order valence-electron chi connectivity index (χ1n) is 6.78. The first-order chi connectivity index (χ1) is 7.31. The zero-order valence-corrected chi connectivity index (χ0v) is 10.3. The van der Waals surface area contributed by atoms with Crippen LogP contribution in [0.25, 0.3) is 0 Å². The van der Waals surface area contributed by atoms with E-state index in [-0.39, 0.29) is 0 Å². The molecule has 0 aromatic rings. The highest BCUT2D eigenvalue weighted by Crippen LogP contribution is 2.26. The molecule has 0 aromatic heterocycles. The van der Waals surface area contributed by atoms with Gasteiger partial charge >= 0.3 is 0 Å². The van der Waals surface area contributed by atoms with Gasteiger partial charge in [-0.2, -0.15) is 0 Å². The molecule has 0 saturated carbocycles. The SMILES string of the molecule is CCC(C)N1CCC(C2CCCN2)CC1. The molecule has 2 fully saturated rings. The Morgan fingerprint density at radius 3 is 2.53 bits per heavy atom. The Bertz CT molecular complexity index is 179. The highest BCUT2D eigenvalue weighted by atomic mass is 15.2. The van der Waals surface area contributed by atoms with Gasteiger partial charge in [0.05, 0.1) is 0 Å². The molecule has 0 bridgehead atoms. The fourth-order valence-electron chi connectivity index (χ4n) is 3.13. The van der Waals surface area contributed by atoms with Gasteiger partial charge in [-0.1, -0.05) is 6.92 Å². The molecule has 2 nitrogen and oxygen atoms in total. The van der Waals surface area contributed by atoms with Crippen LogP contribution in [0.1, 0.15) is 46.0 Å². The Kier molecular flexibility index (Phi) is 4.04. The zero-order chi connectivity index (χ0) is 10.7. The molecule has 0 radical (unpaired) electrons. The maximum absolute atomic E-state index is 3.67. The standard InChI is InChI=1S/C13H26N2/c1-3-11(2)15-9-6-12(7-10-15)13-5-4-8-14-13/h11-14H,3-10H2,1-2H3. The number of hydrogen-bond acceptors (Lipinski definition) is 2. The molecule has 2 aliphatic rings. The summed E-state index contributed by atoms with van der Waals surface area (Å²) < 4.78 is 0. The summed E-state index contributed by atoms with van der Waals surface area (Å²) in [5.74, 6) is 0.966. The maximum Gasteiger partial charge on any atom is 0.00967 e. The predicted octanol–water partition coefficient (Wildman–Crippen LogP) is 2.25. The number of likely N-dealkylation sites (tertiary alicyclic amines) is 1. The van der Waals surface area contributed by atoms with Gasteiger partial charge in [0, 0.05) is 12.1 Å². The van der Waals surface area contributed by atoms with Crippen LogP contribution in [0.5, 0.6) is 0 Å². The van der Waals surface area contributed by atoms with Crippen LogP contribution in [0.2, 0.25) is 0 Å². The minimum Gasteiger partial charge on any atom is -0.314 e. The summed E-state index contributed by atoms with van der Waals surface area (Å²) in [7, 11) is 0. The van der Waals surface area contributed by atoms with Crippen LogP contribution < -0.4 is 5.32 Å². The highest BCUT2D eigenvalue weighted by molar-refractivity contribution is 4.86. The minimum atomic E-state index is 0.794. The van der Waals surface area contributed by atoms with Crippen LogP contribution in [-0.4, -0.2) is 36.6 Å². The lowest BCUT2D eigenvalue weighted by atomic mass is 9.88. The summed E-state index contributed by atoms with van der Waals surface area (Å²) in [5, 5.41) is 3.67. The Labute approximate surface area is 94.4 Å². The largest absolute Gasteiger partial charge is 0.314 e. The van der Waals surface area contributed by atoms with Crippen LogP contribution in [-0.2, 0) is 0 Å². The van der Waals surface area contributed by atoms with Gasteiger partial charge in [-0.3, -0.25) is 0 Å². The Morgan fingerprint density at radius 1 is 1.27 bits per heavy atom. The second kappa shape index (κ2) is 5.31. The fraction of sp³-hybridized carbons (Fsp3) is 1.00. The molecule has 0 amide bonds. The molecule has 0 aromatic carbocycles. The minimum absolute atomic E-state index is 0.794. The average molecular weight is 210 g/mol. The second-order valence-electron chi connectivity index (χ2n) is 5.33. The van der Waals surface area contributed by atoms with E-state index in [0.717, 1.165) is 18.0 Å². The summed E-state index contributed by atoms with van der Waals surface area (Å²) in [6, 6.07) is 1.64. The van der Waals surface area contributed by atoms with Gasteiger partial charge in [0.25, 0.3) is 0 Å². The van der Waals surface area contributed by atoms with E-state index in [1.54, 1.807) is 0 Å². The molecule has 15 heavy (non-hydrogen) atoms. The van der Waals surface area contributed by atoms with Crippen LogP contribution in [0.15, 0.2) is 0 Å². The van der Waals surface area contributed by atoms with Crippen molar-refractivity contribution in [1.82, 2.24) is 10.2 Å². The van der Waals surface area contributed by atoms with E-state index >= 15 is 0 Å². The summed E-state index contributed by atoms with van der Waals surface area (Å²) in [6.07, 6.45) is 6.96. The van der Waals surface area contributed by atoms with Crippen molar-refractivity contribution in [2.45, 2.75) is 58.0 Å². The van der Waals surface area contributed by atoms with Crippen molar-refractivity contribution in [2.24, 2.45) is 5.92 Å². The third-order valence-electron chi connectivity index (χ3n) is 4.46. The van der Waals surface area contributed by atoms with E-state index in [1.165, 1.54) is 51.7 Å². The van der Waals surface area contributed by atoms with Crippen molar-refractivity contribution >= 4 is 0 Å². The van der Waals surface area contributed by atoms with E-state index in [2.05, 4.69) is 24.1 Å². The molecule has 2 heteroatoms. The molecular formula is C13H26N2. The third-order valence-corrected chi connectivity index (χ3v) is 4.46. The summed E-state index contributed by atoms with van der Waals surface area (Å²) in [5.41, 5.74) is 0. The lowest BCUT2D eigenvalue weighted by molar-refractivity contribution is 0.124. The van der Waals surface area contributed by atoms with E-state index < -0.39 is 0 Å². The Hall–Kier alpha value is -0.0800. The number of nitrogens with one attached hydrogen (secondary N) is 1.